The third-order valence-electron chi connectivity index (χ3n) is 5.33. The fraction of sp³-hybridized carbons (Fsp3) is 0.565. The van der Waals surface area contributed by atoms with Gasteiger partial charge in [0.15, 0.2) is 5.96 Å². The lowest BCUT2D eigenvalue weighted by Crippen LogP contribution is -2.52. The molecule has 9 heteroatoms. The molecule has 2 aromatic rings. The van der Waals surface area contributed by atoms with Crippen molar-refractivity contribution in [2.24, 2.45) is 4.99 Å². The SMILES string of the molecule is CCNC(=NCC(O)COC(C)c1ccccc1)N1CCN(Cc2cc(C)on2)CC1.I. The molecule has 0 aliphatic carbocycles. The van der Waals surface area contributed by atoms with Crippen molar-refractivity contribution in [3.8, 4) is 0 Å². The zero-order chi connectivity index (χ0) is 22.1. The number of hydrogen-bond acceptors (Lipinski definition) is 6. The van der Waals surface area contributed by atoms with Gasteiger partial charge in [-0.15, -0.1) is 24.0 Å². The molecule has 2 atom stereocenters. The number of rotatable bonds is 9. The van der Waals surface area contributed by atoms with Crippen LogP contribution in [0.4, 0.5) is 0 Å². The van der Waals surface area contributed by atoms with Crippen LogP contribution in [0.15, 0.2) is 45.9 Å². The Hall–Kier alpha value is -1.69. The van der Waals surface area contributed by atoms with Crippen molar-refractivity contribution in [3.63, 3.8) is 0 Å². The Balaban J connectivity index is 0.00000363. The van der Waals surface area contributed by atoms with Crippen molar-refractivity contribution < 1.29 is 14.4 Å². The highest BCUT2D eigenvalue weighted by Crippen LogP contribution is 2.16. The van der Waals surface area contributed by atoms with Crippen molar-refractivity contribution in [2.75, 3.05) is 45.9 Å². The zero-order valence-electron chi connectivity index (χ0n) is 19.2. The summed E-state index contributed by atoms with van der Waals surface area (Å²) in [7, 11) is 0. The maximum atomic E-state index is 10.4. The van der Waals surface area contributed by atoms with Crippen molar-refractivity contribution in [1.82, 2.24) is 20.3 Å². The van der Waals surface area contributed by atoms with E-state index in [0.29, 0.717) is 6.54 Å². The van der Waals surface area contributed by atoms with E-state index in [0.717, 1.165) is 62.2 Å². The van der Waals surface area contributed by atoms with Gasteiger partial charge in [-0.3, -0.25) is 9.89 Å². The average molecular weight is 557 g/mol. The van der Waals surface area contributed by atoms with Crippen molar-refractivity contribution in [3.05, 3.63) is 53.4 Å². The molecule has 32 heavy (non-hydrogen) atoms. The van der Waals surface area contributed by atoms with Gasteiger partial charge in [0.25, 0.3) is 0 Å². The number of aliphatic imine (C=N–C) groups is 1. The standard InChI is InChI=1S/C23H35N5O3.HI/c1-4-24-23(25-15-22(29)17-30-19(3)20-8-6-5-7-9-20)28-12-10-27(11-13-28)16-21-14-18(2)31-26-21;/h5-9,14,19,22,29H,4,10-13,15-17H2,1-3H3,(H,24,25);1H. The second-order valence-corrected chi connectivity index (χ2v) is 7.93. The van der Waals surface area contributed by atoms with E-state index in [1.165, 1.54) is 0 Å². The monoisotopic (exact) mass is 557 g/mol. The van der Waals surface area contributed by atoms with Gasteiger partial charge in [0.1, 0.15) is 5.76 Å². The number of piperazine rings is 1. The molecule has 0 amide bonds. The summed E-state index contributed by atoms with van der Waals surface area (Å²) in [6.45, 7) is 11.7. The van der Waals surface area contributed by atoms with E-state index in [4.69, 9.17) is 9.26 Å². The molecule has 0 bridgehead atoms. The molecule has 2 N–H and O–H groups in total. The van der Waals surface area contributed by atoms with Crippen LogP contribution in [0.25, 0.3) is 0 Å². The summed E-state index contributed by atoms with van der Waals surface area (Å²) in [6.07, 6.45) is -0.703. The number of nitrogens with zero attached hydrogens (tertiary/aromatic N) is 4. The number of hydrogen-bond donors (Lipinski definition) is 2. The second kappa shape index (κ2) is 13.8. The van der Waals surface area contributed by atoms with E-state index < -0.39 is 6.10 Å². The maximum absolute atomic E-state index is 10.4. The Kier molecular flexibility index (Phi) is 11.4. The number of aliphatic hydroxyl groups is 1. The molecule has 1 aromatic heterocycles. The molecule has 2 heterocycles. The Morgan fingerprint density at radius 1 is 1.25 bits per heavy atom. The molecule has 1 aromatic carbocycles. The van der Waals surface area contributed by atoms with Crippen LogP contribution in [-0.4, -0.2) is 78.0 Å². The normalized spacial score (nSPS) is 17.0. The van der Waals surface area contributed by atoms with E-state index in [2.05, 4.69) is 32.2 Å². The average Bonchev–Trinajstić information content (AvgIpc) is 3.20. The number of guanidine groups is 1. The highest BCUT2D eigenvalue weighted by Gasteiger charge is 2.21. The summed E-state index contributed by atoms with van der Waals surface area (Å²) >= 11 is 0. The number of nitrogens with one attached hydrogen (secondary N) is 1. The summed E-state index contributed by atoms with van der Waals surface area (Å²) in [5.41, 5.74) is 2.07. The predicted octanol–water partition coefficient (Wildman–Crippen LogP) is 2.82. The van der Waals surface area contributed by atoms with Crippen LogP contribution in [0.5, 0.6) is 0 Å². The minimum Gasteiger partial charge on any atom is -0.389 e. The minimum atomic E-state index is -0.642. The third kappa shape index (κ3) is 8.34. The fourth-order valence-corrected chi connectivity index (χ4v) is 3.59. The summed E-state index contributed by atoms with van der Waals surface area (Å²) in [6, 6.07) is 12.0. The van der Waals surface area contributed by atoms with Crippen molar-refractivity contribution in [1.29, 1.82) is 0 Å². The molecule has 178 valence electrons. The van der Waals surface area contributed by atoms with Gasteiger partial charge >= 0.3 is 0 Å². The highest BCUT2D eigenvalue weighted by molar-refractivity contribution is 14.0. The van der Waals surface area contributed by atoms with Crippen LogP contribution in [-0.2, 0) is 11.3 Å². The number of benzene rings is 1. The zero-order valence-corrected chi connectivity index (χ0v) is 21.6. The van der Waals surface area contributed by atoms with Gasteiger partial charge in [-0.05, 0) is 26.3 Å². The van der Waals surface area contributed by atoms with Gasteiger partial charge in [-0.1, -0.05) is 35.5 Å². The number of ether oxygens (including phenoxy) is 1. The summed E-state index contributed by atoms with van der Waals surface area (Å²) < 4.78 is 11.0. The molecule has 0 saturated carbocycles. The van der Waals surface area contributed by atoms with Gasteiger partial charge in [-0.2, -0.15) is 0 Å². The summed E-state index contributed by atoms with van der Waals surface area (Å²) in [4.78, 5) is 9.27. The quantitative estimate of drug-likeness (QED) is 0.279. The minimum absolute atomic E-state index is 0. The van der Waals surface area contributed by atoms with Crippen LogP contribution in [0.3, 0.4) is 0 Å². The number of aromatic nitrogens is 1. The molecular formula is C23H36IN5O3. The first-order valence-electron chi connectivity index (χ1n) is 11.1. The Labute approximate surface area is 208 Å². The Morgan fingerprint density at radius 2 is 1.97 bits per heavy atom. The lowest BCUT2D eigenvalue weighted by atomic mass is 10.1. The smallest absolute Gasteiger partial charge is 0.194 e. The molecule has 3 rings (SSSR count). The molecule has 1 fully saturated rings. The first kappa shape index (κ1) is 26.6. The topological polar surface area (TPSA) is 86.4 Å². The van der Waals surface area contributed by atoms with Gasteiger partial charge in [-0.25, -0.2) is 0 Å². The van der Waals surface area contributed by atoms with Crippen molar-refractivity contribution >= 4 is 29.9 Å². The largest absolute Gasteiger partial charge is 0.389 e. The molecule has 1 saturated heterocycles. The maximum Gasteiger partial charge on any atom is 0.194 e. The van der Waals surface area contributed by atoms with Crippen LogP contribution in [0.1, 0.15) is 37.0 Å². The van der Waals surface area contributed by atoms with Crippen LogP contribution < -0.4 is 5.32 Å². The first-order valence-corrected chi connectivity index (χ1v) is 11.1. The number of aryl methyl sites for hydroxylation is 1. The van der Waals surface area contributed by atoms with Gasteiger partial charge in [0.05, 0.1) is 31.1 Å². The Bertz CT molecular complexity index is 809. The van der Waals surface area contributed by atoms with E-state index in [1.807, 2.05) is 50.2 Å². The number of aliphatic hydroxyl groups excluding tert-OH is 1. The number of halogens is 1. The molecule has 2 unspecified atom stereocenters. The van der Waals surface area contributed by atoms with Gasteiger partial charge < -0.3 is 24.6 Å². The predicted molar refractivity (Wildman–Crippen MR) is 136 cm³/mol. The van der Waals surface area contributed by atoms with Gasteiger partial charge in [0.2, 0.25) is 0 Å². The van der Waals surface area contributed by atoms with E-state index >= 15 is 0 Å². The molecular weight excluding hydrogens is 521 g/mol. The Morgan fingerprint density at radius 3 is 2.59 bits per heavy atom. The molecule has 0 radical (unpaired) electrons. The fourth-order valence-electron chi connectivity index (χ4n) is 3.59. The molecule has 8 nitrogen and oxygen atoms in total. The first-order chi connectivity index (χ1) is 15.0. The summed E-state index contributed by atoms with van der Waals surface area (Å²) in [5, 5.41) is 17.8. The van der Waals surface area contributed by atoms with Crippen molar-refractivity contribution in [2.45, 2.75) is 39.5 Å². The van der Waals surface area contributed by atoms with E-state index in [9.17, 15) is 5.11 Å². The van der Waals surface area contributed by atoms with E-state index in [-0.39, 0.29) is 36.7 Å². The lowest BCUT2D eigenvalue weighted by molar-refractivity contribution is 0.00102. The molecule has 1 aliphatic rings. The summed E-state index contributed by atoms with van der Waals surface area (Å²) in [5.74, 6) is 1.69. The molecule has 0 spiro atoms. The lowest BCUT2D eigenvalue weighted by Gasteiger charge is -2.36. The van der Waals surface area contributed by atoms with Crippen LogP contribution in [0, 0.1) is 6.92 Å². The second-order valence-electron chi connectivity index (χ2n) is 7.93. The van der Waals surface area contributed by atoms with E-state index in [1.54, 1.807) is 0 Å². The third-order valence-corrected chi connectivity index (χ3v) is 5.33. The highest BCUT2D eigenvalue weighted by atomic mass is 127. The van der Waals surface area contributed by atoms with Crippen LogP contribution in [0.2, 0.25) is 0 Å². The van der Waals surface area contributed by atoms with Gasteiger partial charge in [0, 0.05) is 45.3 Å². The molecule has 1 aliphatic heterocycles. The van der Waals surface area contributed by atoms with Crippen LogP contribution >= 0.6 is 24.0 Å².